The molecule has 3 unspecified atom stereocenters. The van der Waals surface area contributed by atoms with Crippen molar-refractivity contribution in [2.45, 2.75) is 83.0 Å². The second kappa shape index (κ2) is 14.2. The SMILES string of the molecule is C#CCCC(=O)N[C@@H]1C(OC(C)=O)C(F)[C@](F)(C(=O)OC)OC1[C@H](OC(C)=O)[C@@H](COC(C)=O)OC(C)=O. The predicted molar refractivity (Wildman–Crippen MR) is 119 cm³/mol. The van der Waals surface area contributed by atoms with Crippen LogP contribution in [-0.4, -0.2) is 92.0 Å². The molecular weight excluding hydrogens is 520 g/mol. The Kier molecular flexibility index (Phi) is 12.1. The normalized spacial score (nSPS) is 25.9. The fourth-order valence-electron chi connectivity index (χ4n) is 3.58. The number of alkyl halides is 2. The first-order chi connectivity index (χ1) is 17.7. The highest BCUT2D eigenvalue weighted by molar-refractivity contribution is 5.80. The Morgan fingerprint density at radius 2 is 1.63 bits per heavy atom. The molecule has 1 aliphatic rings. The molecule has 38 heavy (non-hydrogen) atoms. The number of esters is 5. The summed E-state index contributed by atoms with van der Waals surface area (Å²) in [5.41, 5.74) is 0. The largest absolute Gasteiger partial charge is 0.465 e. The summed E-state index contributed by atoms with van der Waals surface area (Å²) in [6.45, 7) is 2.92. The van der Waals surface area contributed by atoms with Gasteiger partial charge in [0.1, 0.15) is 12.7 Å². The molecule has 212 valence electrons. The first kappa shape index (κ1) is 32.2. The fourth-order valence-corrected chi connectivity index (χ4v) is 3.58. The highest BCUT2D eigenvalue weighted by atomic mass is 19.2. The van der Waals surface area contributed by atoms with Crippen molar-refractivity contribution in [3.63, 3.8) is 0 Å². The van der Waals surface area contributed by atoms with Crippen LogP contribution in [0.5, 0.6) is 0 Å². The van der Waals surface area contributed by atoms with Gasteiger partial charge in [0.25, 0.3) is 0 Å². The molecule has 15 heteroatoms. The summed E-state index contributed by atoms with van der Waals surface area (Å²) in [6.07, 6.45) is -6.34. The number of amides is 1. The molecule has 1 heterocycles. The van der Waals surface area contributed by atoms with E-state index in [-0.39, 0.29) is 12.8 Å². The van der Waals surface area contributed by atoms with E-state index >= 15 is 8.78 Å². The van der Waals surface area contributed by atoms with Gasteiger partial charge in [-0.05, 0) is 0 Å². The summed E-state index contributed by atoms with van der Waals surface area (Å²) in [4.78, 5) is 71.8. The molecule has 0 spiro atoms. The first-order valence-corrected chi connectivity index (χ1v) is 11.1. The molecule has 0 radical (unpaired) electrons. The van der Waals surface area contributed by atoms with E-state index in [9.17, 15) is 28.8 Å². The minimum Gasteiger partial charge on any atom is -0.465 e. The van der Waals surface area contributed by atoms with Crippen molar-refractivity contribution < 1.29 is 66.0 Å². The highest BCUT2D eigenvalue weighted by Crippen LogP contribution is 2.39. The average Bonchev–Trinajstić information content (AvgIpc) is 2.82. The van der Waals surface area contributed by atoms with E-state index in [1.807, 2.05) is 0 Å². The van der Waals surface area contributed by atoms with Crippen LogP contribution >= 0.6 is 0 Å². The lowest BCUT2D eigenvalue weighted by Crippen LogP contribution is -2.72. The number of carbonyl (C=O) groups is 6. The Morgan fingerprint density at radius 1 is 1.03 bits per heavy atom. The molecule has 0 aromatic heterocycles. The second-order valence-electron chi connectivity index (χ2n) is 8.02. The Morgan fingerprint density at radius 3 is 2.11 bits per heavy atom. The summed E-state index contributed by atoms with van der Waals surface area (Å²) >= 11 is 0. The van der Waals surface area contributed by atoms with E-state index in [4.69, 9.17) is 30.1 Å². The van der Waals surface area contributed by atoms with Crippen LogP contribution in [0.15, 0.2) is 0 Å². The van der Waals surface area contributed by atoms with Crippen LogP contribution in [0.2, 0.25) is 0 Å². The van der Waals surface area contributed by atoms with Crippen LogP contribution in [0.3, 0.4) is 0 Å². The zero-order valence-corrected chi connectivity index (χ0v) is 21.3. The van der Waals surface area contributed by atoms with Crippen LogP contribution in [0.4, 0.5) is 8.78 Å². The predicted octanol–water partition coefficient (Wildman–Crippen LogP) is -0.181. The van der Waals surface area contributed by atoms with Gasteiger partial charge in [-0.15, -0.1) is 12.3 Å². The lowest BCUT2D eigenvalue weighted by atomic mass is 9.87. The van der Waals surface area contributed by atoms with Gasteiger partial charge in [-0.2, -0.15) is 4.39 Å². The van der Waals surface area contributed by atoms with Gasteiger partial charge in [0, 0.05) is 40.5 Å². The highest BCUT2D eigenvalue weighted by Gasteiger charge is 2.65. The van der Waals surface area contributed by atoms with Crippen molar-refractivity contribution in [1.29, 1.82) is 0 Å². The van der Waals surface area contributed by atoms with Crippen molar-refractivity contribution in [3.05, 3.63) is 0 Å². The lowest BCUT2D eigenvalue weighted by Gasteiger charge is -2.47. The third kappa shape index (κ3) is 8.65. The van der Waals surface area contributed by atoms with Gasteiger partial charge in [-0.25, -0.2) is 9.18 Å². The Balaban J connectivity index is 3.79. The molecule has 1 fully saturated rings. The molecule has 1 amide bonds. The van der Waals surface area contributed by atoms with Crippen molar-refractivity contribution in [2.24, 2.45) is 0 Å². The zero-order chi connectivity index (χ0) is 29.2. The van der Waals surface area contributed by atoms with E-state index in [2.05, 4.69) is 16.0 Å². The van der Waals surface area contributed by atoms with Gasteiger partial charge in [0.15, 0.2) is 18.3 Å². The molecule has 0 aliphatic carbocycles. The summed E-state index contributed by atoms with van der Waals surface area (Å²) in [5.74, 6) is -8.54. The smallest absolute Gasteiger partial charge is 0.375 e. The molecule has 0 bridgehead atoms. The summed E-state index contributed by atoms with van der Waals surface area (Å²) < 4.78 is 60.8. The molecule has 0 saturated carbocycles. The van der Waals surface area contributed by atoms with Gasteiger partial charge < -0.3 is 33.7 Å². The second-order valence-corrected chi connectivity index (χ2v) is 8.02. The minimum atomic E-state index is -3.96. The van der Waals surface area contributed by atoms with Crippen molar-refractivity contribution >= 4 is 35.8 Å². The molecule has 1 saturated heterocycles. The maximum Gasteiger partial charge on any atom is 0.375 e. The van der Waals surface area contributed by atoms with Crippen LogP contribution in [0.25, 0.3) is 0 Å². The van der Waals surface area contributed by atoms with Crippen LogP contribution < -0.4 is 5.32 Å². The Bertz CT molecular complexity index is 967. The number of rotatable bonds is 11. The monoisotopic (exact) mass is 549 g/mol. The zero-order valence-electron chi connectivity index (χ0n) is 21.3. The summed E-state index contributed by atoms with van der Waals surface area (Å²) in [6, 6.07) is -1.85. The van der Waals surface area contributed by atoms with Crippen LogP contribution in [-0.2, 0) is 57.2 Å². The standard InChI is InChI=1S/C23H29F2NO12/c1-7-8-9-16(31)26-17-19(18(36-13(4)29)15(35-12(3)28)10-34-11(2)27)38-23(25,22(32)33-6)21(24)20(17)37-14(5)30/h1,15,17-21H,8-10H2,2-6H3,(H,26,31)/t15-,17+,18-,19?,20?,21?,23-/m1/s1. The Labute approximate surface area is 216 Å². The molecule has 0 aromatic carbocycles. The van der Waals surface area contributed by atoms with E-state index in [0.29, 0.717) is 0 Å². The molecular formula is C23H29F2NO12. The van der Waals surface area contributed by atoms with Crippen molar-refractivity contribution in [3.8, 4) is 12.3 Å². The number of nitrogens with one attached hydrogen (secondary N) is 1. The molecule has 1 N–H and O–H groups in total. The third-order valence-electron chi connectivity index (χ3n) is 5.01. The third-order valence-corrected chi connectivity index (χ3v) is 5.01. The molecule has 13 nitrogen and oxygen atoms in total. The van der Waals surface area contributed by atoms with Gasteiger partial charge >= 0.3 is 35.7 Å². The molecule has 7 atom stereocenters. The van der Waals surface area contributed by atoms with E-state index in [1.54, 1.807) is 0 Å². The molecule has 1 rings (SSSR count). The first-order valence-electron chi connectivity index (χ1n) is 11.1. The fraction of sp³-hybridized carbons (Fsp3) is 0.652. The topological polar surface area (TPSA) is 170 Å². The van der Waals surface area contributed by atoms with Gasteiger partial charge in [-0.3, -0.25) is 24.0 Å². The number of halogens is 2. The van der Waals surface area contributed by atoms with Crippen molar-refractivity contribution in [2.75, 3.05) is 13.7 Å². The number of hydrogen-bond donors (Lipinski definition) is 1. The minimum absolute atomic E-state index is 0.0769. The number of hydrogen-bond acceptors (Lipinski definition) is 12. The number of terminal acetylenes is 1. The maximum atomic E-state index is 15.8. The summed E-state index contributed by atoms with van der Waals surface area (Å²) in [7, 11) is 0.717. The summed E-state index contributed by atoms with van der Waals surface area (Å²) in [5, 5.41) is 2.28. The number of ether oxygens (including phenoxy) is 6. The van der Waals surface area contributed by atoms with Gasteiger partial charge in [0.2, 0.25) is 12.1 Å². The van der Waals surface area contributed by atoms with E-state index in [1.165, 1.54) is 0 Å². The molecule has 1 aliphatic heterocycles. The van der Waals surface area contributed by atoms with E-state index in [0.717, 1.165) is 34.8 Å². The van der Waals surface area contributed by atoms with Crippen LogP contribution in [0.1, 0.15) is 40.5 Å². The van der Waals surface area contributed by atoms with E-state index < -0.39 is 84.8 Å². The van der Waals surface area contributed by atoms with Crippen LogP contribution in [0, 0.1) is 12.3 Å². The Hall–Kier alpha value is -3.80. The molecule has 0 aromatic rings. The van der Waals surface area contributed by atoms with Gasteiger partial charge in [-0.1, -0.05) is 0 Å². The lowest BCUT2D eigenvalue weighted by molar-refractivity contribution is -0.298. The van der Waals surface area contributed by atoms with Crippen molar-refractivity contribution in [1.82, 2.24) is 5.32 Å². The number of carbonyl (C=O) groups excluding carboxylic acids is 6. The average molecular weight is 549 g/mol. The maximum absolute atomic E-state index is 15.8. The van der Waals surface area contributed by atoms with Gasteiger partial charge in [0.05, 0.1) is 13.2 Å². The number of methoxy groups -OCH3 is 1. The quantitative estimate of drug-likeness (QED) is 0.205.